The average molecular weight is 236 g/mol. The first-order valence-electron chi connectivity index (χ1n) is 5.69. The van der Waals surface area contributed by atoms with E-state index >= 15 is 0 Å². The zero-order chi connectivity index (χ0) is 12.6. The van der Waals surface area contributed by atoms with Gasteiger partial charge in [-0.05, 0) is 39.7 Å². The molecular formula is C12H16N2O3. The molecule has 92 valence electrons. The Morgan fingerprint density at radius 1 is 1.53 bits per heavy atom. The first-order chi connectivity index (χ1) is 7.90. The second-order valence-electron chi connectivity index (χ2n) is 5.28. The molecule has 0 saturated heterocycles. The van der Waals surface area contributed by atoms with E-state index in [1.165, 1.54) is 4.68 Å². The Morgan fingerprint density at radius 3 is 2.65 bits per heavy atom. The van der Waals surface area contributed by atoms with Crippen LogP contribution in [-0.4, -0.2) is 27.8 Å². The third-order valence-corrected chi connectivity index (χ3v) is 2.44. The van der Waals surface area contributed by atoms with Crippen molar-refractivity contribution >= 4 is 12.4 Å². The standard InChI is InChI=1S/C12H16N2O3/c1-12(2,3)17-11(16)14-10(8-4-5-8)6-9(7-15)13-14/h6-8H,4-5H2,1-3H3. The van der Waals surface area contributed by atoms with E-state index in [2.05, 4.69) is 5.10 Å². The molecular weight excluding hydrogens is 220 g/mol. The average Bonchev–Trinajstić information content (AvgIpc) is 2.95. The molecule has 1 aliphatic rings. The molecule has 0 N–H and O–H groups in total. The lowest BCUT2D eigenvalue weighted by Crippen LogP contribution is -2.28. The Labute approximate surface area is 99.8 Å². The van der Waals surface area contributed by atoms with Gasteiger partial charge in [-0.2, -0.15) is 9.78 Å². The van der Waals surface area contributed by atoms with Crippen molar-refractivity contribution in [2.24, 2.45) is 0 Å². The minimum Gasteiger partial charge on any atom is -0.442 e. The predicted octanol–water partition coefficient (Wildman–Crippen LogP) is 2.36. The fraction of sp³-hybridized carbons (Fsp3) is 0.583. The molecule has 1 aliphatic carbocycles. The van der Waals surface area contributed by atoms with E-state index in [1.54, 1.807) is 26.8 Å². The summed E-state index contributed by atoms with van der Waals surface area (Å²) < 4.78 is 6.46. The van der Waals surface area contributed by atoms with Gasteiger partial charge in [0.25, 0.3) is 0 Å². The highest BCUT2D eigenvalue weighted by molar-refractivity contribution is 5.76. The second-order valence-corrected chi connectivity index (χ2v) is 5.28. The highest BCUT2D eigenvalue weighted by atomic mass is 16.6. The fourth-order valence-electron chi connectivity index (χ4n) is 1.59. The monoisotopic (exact) mass is 236 g/mol. The summed E-state index contributed by atoms with van der Waals surface area (Å²) in [7, 11) is 0. The predicted molar refractivity (Wildman–Crippen MR) is 61.2 cm³/mol. The highest BCUT2D eigenvalue weighted by Crippen LogP contribution is 2.40. The van der Waals surface area contributed by atoms with Crippen LogP contribution in [0.1, 0.15) is 55.7 Å². The summed E-state index contributed by atoms with van der Waals surface area (Å²) in [6.45, 7) is 5.39. The molecule has 0 aromatic carbocycles. The maximum absolute atomic E-state index is 11.9. The first kappa shape index (κ1) is 11.8. The molecule has 1 fully saturated rings. The molecule has 1 aromatic rings. The van der Waals surface area contributed by atoms with Crippen LogP contribution in [0.5, 0.6) is 0 Å². The number of ether oxygens (including phenoxy) is 1. The normalized spacial score (nSPS) is 15.7. The number of nitrogens with zero attached hydrogens (tertiary/aromatic N) is 2. The summed E-state index contributed by atoms with van der Waals surface area (Å²) in [5.41, 5.74) is 0.490. The SMILES string of the molecule is CC(C)(C)OC(=O)n1nc(C=O)cc1C1CC1. The Hall–Kier alpha value is -1.65. The van der Waals surface area contributed by atoms with Gasteiger partial charge < -0.3 is 4.74 Å². The van der Waals surface area contributed by atoms with Gasteiger partial charge in [0.1, 0.15) is 11.3 Å². The summed E-state index contributed by atoms with van der Waals surface area (Å²) >= 11 is 0. The lowest BCUT2D eigenvalue weighted by molar-refractivity contribution is 0.0509. The third-order valence-electron chi connectivity index (χ3n) is 2.44. The lowest BCUT2D eigenvalue weighted by atomic mass is 10.2. The van der Waals surface area contributed by atoms with Crippen molar-refractivity contribution in [1.82, 2.24) is 9.78 Å². The molecule has 0 radical (unpaired) electrons. The number of rotatable bonds is 2. The Balaban J connectivity index is 2.27. The van der Waals surface area contributed by atoms with Gasteiger partial charge in [-0.25, -0.2) is 4.79 Å². The summed E-state index contributed by atoms with van der Waals surface area (Å²) in [5, 5.41) is 3.95. The minimum absolute atomic E-state index is 0.276. The number of hydrogen-bond acceptors (Lipinski definition) is 4. The van der Waals surface area contributed by atoms with Gasteiger partial charge in [-0.15, -0.1) is 0 Å². The van der Waals surface area contributed by atoms with Crippen LogP contribution < -0.4 is 0 Å². The molecule has 5 nitrogen and oxygen atoms in total. The lowest BCUT2D eigenvalue weighted by Gasteiger charge is -2.19. The van der Waals surface area contributed by atoms with E-state index in [4.69, 9.17) is 4.74 Å². The van der Waals surface area contributed by atoms with Gasteiger partial charge in [-0.1, -0.05) is 0 Å². The maximum atomic E-state index is 11.9. The van der Waals surface area contributed by atoms with Crippen LogP contribution in [0.4, 0.5) is 4.79 Å². The molecule has 0 atom stereocenters. The highest BCUT2D eigenvalue weighted by Gasteiger charge is 2.31. The van der Waals surface area contributed by atoms with E-state index in [0.717, 1.165) is 18.5 Å². The Kier molecular flexibility index (Phi) is 2.77. The first-order valence-corrected chi connectivity index (χ1v) is 5.69. The van der Waals surface area contributed by atoms with Crippen molar-refractivity contribution in [1.29, 1.82) is 0 Å². The summed E-state index contributed by atoms with van der Waals surface area (Å²) in [6.07, 6.45) is 2.19. The molecule has 0 unspecified atom stereocenters. The maximum Gasteiger partial charge on any atom is 0.435 e. The fourth-order valence-corrected chi connectivity index (χ4v) is 1.59. The van der Waals surface area contributed by atoms with E-state index in [-0.39, 0.29) is 5.69 Å². The van der Waals surface area contributed by atoms with E-state index in [1.807, 2.05) is 0 Å². The van der Waals surface area contributed by atoms with Crippen molar-refractivity contribution in [3.05, 3.63) is 17.5 Å². The number of aromatic nitrogens is 2. The Morgan fingerprint density at radius 2 is 2.18 bits per heavy atom. The van der Waals surface area contributed by atoms with Crippen LogP contribution in [0, 0.1) is 0 Å². The number of aldehydes is 1. The van der Waals surface area contributed by atoms with Crippen LogP contribution in [-0.2, 0) is 4.74 Å². The molecule has 0 spiro atoms. The molecule has 1 saturated carbocycles. The van der Waals surface area contributed by atoms with Gasteiger partial charge in [0, 0.05) is 5.92 Å². The van der Waals surface area contributed by atoms with Crippen molar-refractivity contribution in [2.75, 3.05) is 0 Å². The van der Waals surface area contributed by atoms with Crippen LogP contribution >= 0.6 is 0 Å². The van der Waals surface area contributed by atoms with E-state index in [0.29, 0.717) is 12.2 Å². The number of carbonyl (C=O) groups is 2. The topological polar surface area (TPSA) is 61.2 Å². The van der Waals surface area contributed by atoms with Crippen molar-refractivity contribution in [2.45, 2.75) is 45.1 Å². The second kappa shape index (κ2) is 3.98. The number of hydrogen-bond donors (Lipinski definition) is 0. The van der Waals surface area contributed by atoms with Gasteiger partial charge >= 0.3 is 6.09 Å². The van der Waals surface area contributed by atoms with Gasteiger partial charge in [-0.3, -0.25) is 4.79 Å². The molecule has 17 heavy (non-hydrogen) atoms. The minimum atomic E-state index is -0.564. The summed E-state index contributed by atoms with van der Waals surface area (Å²) in [4.78, 5) is 22.6. The van der Waals surface area contributed by atoms with E-state index in [9.17, 15) is 9.59 Å². The van der Waals surface area contributed by atoms with Crippen molar-refractivity contribution < 1.29 is 14.3 Å². The van der Waals surface area contributed by atoms with Gasteiger partial charge in [0.2, 0.25) is 0 Å². The quantitative estimate of drug-likeness (QED) is 0.739. The zero-order valence-corrected chi connectivity index (χ0v) is 10.3. The van der Waals surface area contributed by atoms with Gasteiger partial charge in [0.15, 0.2) is 6.29 Å². The van der Waals surface area contributed by atoms with E-state index < -0.39 is 11.7 Å². The van der Waals surface area contributed by atoms with Crippen molar-refractivity contribution in [3.8, 4) is 0 Å². The van der Waals surface area contributed by atoms with Crippen molar-refractivity contribution in [3.63, 3.8) is 0 Å². The number of carbonyl (C=O) groups excluding carboxylic acids is 2. The largest absolute Gasteiger partial charge is 0.442 e. The molecule has 2 rings (SSSR count). The van der Waals surface area contributed by atoms with Crippen LogP contribution in [0.25, 0.3) is 0 Å². The zero-order valence-electron chi connectivity index (χ0n) is 10.3. The van der Waals surface area contributed by atoms with Crippen LogP contribution in [0.3, 0.4) is 0 Å². The Bertz CT molecular complexity index is 453. The van der Waals surface area contributed by atoms with Crippen LogP contribution in [0.2, 0.25) is 0 Å². The third kappa shape index (κ3) is 2.72. The summed E-state index contributed by atoms with van der Waals surface area (Å²) in [6, 6.07) is 1.66. The molecule has 0 aliphatic heterocycles. The van der Waals surface area contributed by atoms with Crippen LogP contribution in [0.15, 0.2) is 6.07 Å². The molecule has 0 bridgehead atoms. The molecule has 5 heteroatoms. The molecule has 0 amide bonds. The summed E-state index contributed by atoms with van der Waals surface area (Å²) in [5.74, 6) is 0.337. The van der Waals surface area contributed by atoms with Gasteiger partial charge in [0.05, 0.1) is 5.69 Å². The molecule has 1 aromatic heterocycles. The smallest absolute Gasteiger partial charge is 0.435 e. The molecule has 1 heterocycles.